The summed E-state index contributed by atoms with van der Waals surface area (Å²) in [5, 5.41) is 12.2. The van der Waals surface area contributed by atoms with Crippen LogP contribution >= 0.6 is 0 Å². The molecule has 43 heavy (non-hydrogen) atoms. The fourth-order valence-corrected chi connectivity index (χ4v) is 5.85. The second-order valence-corrected chi connectivity index (χ2v) is 11.0. The number of carbonyl (C=O) groups excluding carboxylic acids is 3. The molecule has 10 heteroatoms. The van der Waals surface area contributed by atoms with Gasteiger partial charge in [-0.05, 0) is 17.7 Å². The van der Waals surface area contributed by atoms with E-state index in [-0.39, 0.29) is 17.9 Å². The summed E-state index contributed by atoms with van der Waals surface area (Å²) in [6.45, 7) is 4.04. The highest BCUT2D eigenvalue weighted by Gasteiger charge is 2.47. The Morgan fingerprint density at radius 1 is 0.884 bits per heavy atom. The Labute approximate surface area is 248 Å². The molecule has 0 aromatic heterocycles. The molecule has 3 aliphatic heterocycles. The number of carbonyl (C=O) groups is 3. The molecule has 2 atom stereocenters. The number of nitrogens with one attached hydrogen (secondary N) is 1. The molecule has 3 heterocycles. The summed E-state index contributed by atoms with van der Waals surface area (Å²) in [4.78, 5) is 34.9. The normalized spacial score (nSPS) is 21.6. The van der Waals surface area contributed by atoms with Crippen LogP contribution in [0.1, 0.15) is 47.6 Å². The molecule has 0 unspecified atom stereocenters. The van der Waals surface area contributed by atoms with E-state index in [1.807, 2.05) is 91.0 Å². The van der Waals surface area contributed by atoms with Gasteiger partial charge in [0.05, 0.1) is 19.6 Å². The molecule has 228 valence electrons. The molecule has 0 spiro atoms. The van der Waals surface area contributed by atoms with Crippen molar-refractivity contribution < 1.29 is 41.9 Å². The van der Waals surface area contributed by atoms with Crippen molar-refractivity contribution in [1.29, 1.82) is 0 Å². The van der Waals surface area contributed by atoms with Crippen LogP contribution in [-0.2, 0) is 14.3 Å². The molecular formula is C33H35F3N2O5. The van der Waals surface area contributed by atoms with Gasteiger partial charge >= 0.3 is 12.1 Å². The minimum Gasteiger partial charge on any atom is -0.542 e. The van der Waals surface area contributed by atoms with E-state index >= 15 is 0 Å². The first-order chi connectivity index (χ1) is 20.6. The van der Waals surface area contributed by atoms with Gasteiger partial charge in [0.1, 0.15) is 12.5 Å². The predicted molar refractivity (Wildman–Crippen MR) is 153 cm³/mol. The first kappa shape index (κ1) is 31.7. The Morgan fingerprint density at radius 2 is 1.42 bits per heavy atom. The molecule has 0 saturated carbocycles. The highest BCUT2D eigenvalue weighted by atomic mass is 19.4. The summed E-state index contributed by atoms with van der Waals surface area (Å²) in [5.74, 6) is -2.59. The summed E-state index contributed by atoms with van der Waals surface area (Å²) in [5.41, 5.74) is 2.58. The molecule has 3 aromatic rings. The lowest BCUT2D eigenvalue weighted by Gasteiger charge is -2.52. The number of carboxylic acids is 1. The van der Waals surface area contributed by atoms with Crippen molar-refractivity contribution in [1.82, 2.24) is 0 Å². The zero-order valence-corrected chi connectivity index (χ0v) is 23.7. The van der Waals surface area contributed by atoms with Crippen LogP contribution in [0.3, 0.4) is 0 Å². The van der Waals surface area contributed by atoms with E-state index in [2.05, 4.69) is 5.32 Å². The second kappa shape index (κ2) is 14.3. The second-order valence-electron chi connectivity index (χ2n) is 11.0. The molecule has 0 aliphatic carbocycles. The summed E-state index contributed by atoms with van der Waals surface area (Å²) in [7, 11) is 0. The lowest BCUT2D eigenvalue weighted by Crippen LogP contribution is -2.64. The zero-order valence-electron chi connectivity index (χ0n) is 23.7. The Bertz CT molecular complexity index is 1350. The van der Waals surface area contributed by atoms with Crippen molar-refractivity contribution in [3.63, 3.8) is 0 Å². The minimum atomic E-state index is -5.19. The van der Waals surface area contributed by atoms with Gasteiger partial charge in [-0.15, -0.1) is 0 Å². The molecule has 2 bridgehead atoms. The van der Waals surface area contributed by atoms with Gasteiger partial charge in [-0.2, -0.15) is 13.2 Å². The van der Waals surface area contributed by atoms with Crippen LogP contribution in [-0.4, -0.2) is 60.7 Å². The van der Waals surface area contributed by atoms with Crippen LogP contribution in [0.25, 0.3) is 0 Å². The number of alkyl halides is 3. The third-order valence-electron chi connectivity index (χ3n) is 8.13. The van der Waals surface area contributed by atoms with E-state index in [0.717, 1.165) is 66.7 Å². The number of carboxylic acid groups (broad SMARTS) is 1. The number of rotatable bonds is 10. The van der Waals surface area contributed by atoms with Gasteiger partial charge in [-0.3, -0.25) is 4.79 Å². The van der Waals surface area contributed by atoms with Gasteiger partial charge in [0.2, 0.25) is 0 Å². The number of anilines is 1. The van der Waals surface area contributed by atoms with Gasteiger partial charge < -0.3 is 24.4 Å². The van der Waals surface area contributed by atoms with Crippen molar-refractivity contribution in [2.45, 2.75) is 44.0 Å². The van der Waals surface area contributed by atoms with Crippen molar-refractivity contribution in [3.05, 3.63) is 102 Å². The Hall–Kier alpha value is -4.18. The zero-order chi connectivity index (χ0) is 30.9. The van der Waals surface area contributed by atoms with Crippen molar-refractivity contribution >= 4 is 23.4 Å². The largest absolute Gasteiger partial charge is 0.542 e. The van der Waals surface area contributed by atoms with Gasteiger partial charge in [0, 0.05) is 42.9 Å². The molecule has 0 radical (unpaired) electrons. The lowest BCUT2D eigenvalue weighted by molar-refractivity contribution is -0.946. The number of hydrogen-bond acceptors (Lipinski definition) is 6. The highest BCUT2D eigenvalue weighted by Crippen LogP contribution is 2.37. The van der Waals surface area contributed by atoms with Gasteiger partial charge in [-0.1, -0.05) is 78.9 Å². The van der Waals surface area contributed by atoms with Crippen molar-refractivity contribution in [2.75, 3.05) is 31.5 Å². The monoisotopic (exact) mass is 596 g/mol. The summed E-state index contributed by atoms with van der Waals surface area (Å²) < 4.78 is 38.8. The first-order valence-corrected chi connectivity index (χ1v) is 14.3. The molecule has 3 aromatic carbocycles. The number of ether oxygens (including phenoxy) is 1. The van der Waals surface area contributed by atoms with Gasteiger partial charge in [0.15, 0.2) is 17.9 Å². The Kier molecular flexibility index (Phi) is 10.6. The van der Waals surface area contributed by atoms with Crippen LogP contribution in [0.2, 0.25) is 0 Å². The number of Topliss-reactive ketones (excluding diaryl/α,β-unsaturated/α-hetero) is 1. The molecule has 3 aliphatic rings. The third kappa shape index (κ3) is 8.90. The summed E-state index contributed by atoms with van der Waals surface area (Å²) >= 11 is 0. The lowest BCUT2D eigenvalue weighted by atomic mass is 9.83. The smallest absolute Gasteiger partial charge is 0.430 e. The SMILES string of the molecule is O=C(CCC[N+]12CCC(CC1)[C@@H](OC(=O)[C@H](Nc1ccccc1)c1ccccc1)C2)c1ccccc1.O=C([O-])C(F)(F)F. The highest BCUT2D eigenvalue weighted by molar-refractivity contribution is 5.95. The van der Waals surface area contributed by atoms with Crippen LogP contribution < -0.4 is 10.4 Å². The standard InChI is InChI=1S/C31H35N2O3.C2HF3O2/c34-28(24-11-4-1-5-12-24)17-10-20-33-21-18-25(19-22-33)29(23-33)36-31(35)30(26-13-6-2-7-14-26)32-27-15-8-3-9-16-27;3-2(4,5)1(6)7/h1-9,11-16,25,29-30,32H,10,17-23H2;(H,6,7)/q+1;/p-1/t25?,29-,30+,33?;/m0./s1. The number of benzene rings is 3. The number of hydrogen-bond donors (Lipinski definition) is 1. The number of ketones is 1. The van der Waals surface area contributed by atoms with Crippen LogP contribution in [0.15, 0.2) is 91.0 Å². The van der Waals surface area contributed by atoms with Crippen molar-refractivity contribution in [3.8, 4) is 0 Å². The van der Waals surface area contributed by atoms with Crippen LogP contribution in [0, 0.1) is 5.92 Å². The number of piperidine rings is 3. The quantitative estimate of drug-likeness (QED) is 0.202. The molecule has 3 saturated heterocycles. The van der Waals surface area contributed by atoms with Crippen LogP contribution in [0.4, 0.5) is 18.9 Å². The maximum atomic E-state index is 13.5. The first-order valence-electron chi connectivity index (χ1n) is 14.3. The molecule has 3 fully saturated rings. The number of quaternary nitrogens is 1. The van der Waals surface area contributed by atoms with E-state index in [9.17, 15) is 22.8 Å². The number of nitrogens with zero attached hydrogens (tertiary/aromatic N) is 1. The fourth-order valence-electron chi connectivity index (χ4n) is 5.85. The summed E-state index contributed by atoms with van der Waals surface area (Å²) in [6, 6.07) is 28.6. The van der Waals surface area contributed by atoms with Crippen molar-refractivity contribution in [2.24, 2.45) is 5.92 Å². The number of fused-ring (bicyclic) bond motifs is 3. The molecule has 6 rings (SSSR count). The van der Waals surface area contributed by atoms with Gasteiger partial charge in [-0.25, -0.2) is 4.79 Å². The van der Waals surface area contributed by atoms with E-state index in [4.69, 9.17) is 14.6 Å². The molecule has 1 N–H and O–H groups in total. The average molecular weight is 597 g/mol. The number of para-hydroxylation sites is 1. The minimum absolute atomic E-state index is 0.0754. The van der Waals surface area contributed by atoms with E-state index in [1.165, 1.54) is 0 Å². The van der Waals surface area contributed by atoms with E-state index in [1.54, 1.807) is 0 Å². The van der Waals surface area contributed by atoms with E-state index < -0.39 is 18.2 Å². The predicted octanol–water partition coefficient (Wildman–Crippen LogP) is 4.95. The fraction of sp³-hybridized carbons (Fsp3) is 0.364. The average Bonchev–Trinajstić information content (AvgIpc) is 3.01. The van der Waals surface area contributed by atoms with E-state index in [0.29, 0.717) is 12.3 Å². The molecule has 7 nitrogen and oxygen atoms in total. The Morgan fingerprint density at radius 3 is 1.98 bits per heavy atom. The number of halogens is 3. The summed E-state index contributed by atoms with van der Waals surface area (Å²) in [6.07, 6.45) is -1.69. The van der Waals surface area contributed by atoms with Crippen LogP contribution in [0.5, 0.6) is 0 Å². The molecule has 0 amide bonds. The topological polar surface area (TPSA) is 95.5 Å². The molecular weight excluding hydrogens is 561 g/mol. The maximum Gasteiger partial charge on any atom is 0.430 e. The van der Waals surface area contributed by atoms with Gasteiger partial charge in [0.25, 0.3) is 0 Å². The Balaban J connectivity index is 0.000000541. The third-order valence-corrected chi connectivity index (χ3v) is 8.13. The number of aliphatic carboxylic acids is 1. The number of esters is 1. The maximum absolute atomic E-state index is 13.5.